The molecular formula is C22H37N3O2. The van der Waals surface area contributed by atoms with E-state index in [1.807, 2.05) is 0 Å². The van der Waals surface area contributed by atoms with Gasteiger partial charge in [0.2, 0.25) is 5.91 Å². The third-order valence-electron chi connectivity index (χ3n) is 8.70. The van der Waals surface area contributed by atoms with Gasteiger partial charge >= 0.3 is 0 Å². The van der Waals surface area contributed by atoms with Crippen molar-refractivity contribution in [2.45, 2.75) is 56.9 Å². The van der Waals surface area contributed by atoms with Crippen LogP contribution >= 0.6 is 0 Å². The predicted molar refractivity (Wildman–Crippen MR) is 105 cm³/mol. The molecule has 6 aliphatic rings. The minimum atomic E-state index is -0.0214. The second-order valence-corrected chi connectivity index (χ2v) is 10.5. The van der Waals surface area contributed by atoms with Gasteiger partial charge in [0.25, 0.3) is 0 Å². The first-order chi connectivity index (χ1) is 13.1. The lowest BCUT2D eigenvalue weighted by Gasteiger charge is -2.56. The van der Waals surface area contributed by atoms with Crippen molar-refractivity contribution >= 4 is 5.91 Å². The van der Waals surface area contributed by atoms with Crippen molar-refractivity contribution in [1.82, 2.24) is 15.1 Å². The molecular weight excluding hydrogens is 338 g/mol. The van der Waals surface area contributed by atoms with E-state index in [2.05, 4.69) is 22.2 Å². The molecule has 0 aromatic rings. The van der Waals surface area contributed by atoms with Gasteiger partial charge in [-0.2, -0.15) is 0 Å². The lowest BCUT2D eigenvalue weighted by Crippen LogP contribution is -2.64. The highest BCUT2D eigenvalue weighted by Gasteiger charge is 2.55. The van der Waals surface area contributed by atoms with Crippen LogP contribution in [0.3, 0.4) is 0 Å². The molecule has 4 aliphatic carbocycles. The highest BCUT2D eigenvalue weighted by Crippen LogP contribution is 2.60. The number of hydrogen-bond donors (Lipinski definition) is 1. The summed E-state index contributed by atoms with van der Waals surface area (Å²) in [6.07, 6.45) is 10.0. The highest BCUT2D eigenvalue weighted by atomic mass is 16.5. The summed E-state index contributed by atoms with van der Waals surface area (Å²) in [6, 6.07) is 0. The van der Waals surface area contributed by atoms with Crippen LogP contribution in [0.25, 0.3) is 0 Å². The molecule has 6 fully saturated rings. The third kappa shape index (κ3) is 3.34. The van der Waals surface area contributed by atoms with Gasteiger partial charge in [0.1, 0.15) is 0 Å². The quantitative estimate of drug-likeness (QED) is 0.818. The molecule has 6 rings (SSSR count). The number of rotatable bonds is 4. The van der Waals surface area contributed by atoms with Gasteiger partial charge in [-0.3, -0.25) is 9.69 Å². The summed E-state index contributed by atoms with van der Waals surface area (Å²) in [5.41, 5.74) is 0.112. The number of piperidine rings is 1. The maximum atomic E-state index is 13.5. The van der Waals surface area contributed by atoms with Gasteiger partial charge in [0, 0.05) is 30.6 Å². The fourth-order valence-corrected chi connectivity index (χ4v) is 7.50. The van der Waals surface area contributed by atoms with Crippen LogP contribution in [-0.4, -0.2) is 74.2 Å². The van der Waals surface area contributed by atoms with Crippen LogP contribution < -0.4 is 5.32 Å². The van der Waals surface area contributed by atoms with Gasteiger partial charge in [-0.25, -0.2) is 0 Å². The minimum absolute atomic E-state index is 0.0214. The van der Waals surface area contributed by atoms with E-state index in [9.17, 15) is 4.79 Å². The first-order valence-electron chi connectivity index (χ1n) is 11.4. The zero-order chi connectivity index (χ0) is 18.5. The van der Waals surface area contributed by atoms with Crippen molar-refractivity contribution in [1.29, 1.82) is 0 Å². The molecule has 5 heteroatoms. The molecule has 27 heavy (non-hydrogen) atoms. The molecule has 0 radical (unpaired) electrons. The zero-order valence-corrected chi connectivity index (χ0v) is 17.0. The molecule has 0 spiro atoms. The summed E-state index contributed by atoms with van der Waals surface area (Å²) >= 11 is 0. The largest absolute Gasteiger partial charge is 0.379 e. The number of carbonyl (C=O) groups is 1. The Bertz CT molecular complexity index is 529. The molecule has 0 aromatic heterocycles. The fraction of sp³-hybridized carbons (Fsp3) is 0.955. The maximum absolute atomic E-state index is 13.5. The van der Waals surface area contributed by atoms with Crippen molar-refractivity contribution in [3.8, 4) is 0 Å². The average Bonchev–Trinajstić information content (AvgIpc) is 2.67. The number of amides is 1. The molecule has 2 saturated heterocycles. The summed E-state index contributed by atoms with van der Waals surface area (Å²) in [6.45, 7) is 6.78. The van der Waals surface area contributed by atoms with Crippen molar-refractivity contribution in [3.05, 3.63) is 0 Å². The molecule has 1 amide bonds. The Hall–Kier alpha value is -0.650. The second kappa shape index (κ2) is 7.00. The Morgan fingerprint density at radius 1 is 0.963 bits per heavy atom. The molecule has 5 nitrogen and oxygen atoms in total. The van der Waals surface area contributed by atoms with Gasteiger partial charge < -0.3 is 15.0 Å². The number of nitrogens with one attached hydrogen (secondary N) is 1. The van der Waals surface area contributed by atoms with Crippen LogP contribution in [-0.2, 0) is 9.53 Å². The third-order valence-corrected chi connectivity index (χ3v) is 8.70. The number of likely N-dealkylation sites (tertiary alicyclic amines) is 1. The lowest BCUT2D eigenvalue weighted by molar-refractivity contribution is -0.147. The van der Waals surface area contributed by atoms with Crippen LogP contribution in [0.4, 0.5) is 0 Å². The van der Waals surface area contributed by atoms with E-state index < -0.39 is 0 Å². The summed E-state index contributed by atoms with van der Waals surface area (Å²) < 4.78 is 5.61. The fourth-order valence-electron chi connectivity index (χ4n) is 7.50. The summed E-state index contributed by atoms with van der Waals surface area (Å²) in [4.78, 5) is 18.5. The molecule has 1 N–H and O–H groups in total. The highest BCUT2D eigenvalue weighted by molar-refractivity contribution is 5.83. The molecule has 0 atom stereocenters. The molecule has 4 saturated carbocycles. The minimum Gasteiger partial charge on any atom is -0.379 e. The molecule has 2 heterocycles. The number of ether oxygens (including phenoxy) is 1. The summed E-state index contributed by atoms with van der Waals surface area (Å²) in [5.74, 6) is 2.89. The number of carbonyl (C=O) groups excluding carboxylic acids is 1. The van der Waals surface area contributed by atoms with E-state index in [1.165, 1.54) is 38.5 Å². The number of nitrogens with zero attached hydrogens (tertiary/aromatic N) is 2. The van der Waals surface area contributed by atoms with E-state index in [-0.39, 0.29) is 11.0 Å². The van der Waals surface area contributed by atoms with Crippen LogP contribution in [0.1, 0.15) is 51.4 Å². The Morgan fingerprint density at radius 3 is 2.07 bits per heavy atom. The Labute approximate surface area is 164 Å². The smallest absolute Gasteiger partial charge is 0.226 e. The Kier molecular flexibility index (Phi) is 4.76. The monoisotopic (exact) mass is 375 g/mol. The average molecular weight is 376 g/mol. The van der Waals surface area contributed by atoms with Gasteiger partial charge in [-0.15, -0.1) is 0 Å². The Morgan fingerprint density at radius 2 is 1.52 bits per heavy atom. The van der Waals surface area contributed by atoms with Crippen molar-refractivity contribution < 1.29 is 9.53 Å². The van der Waals surface area contributed by atoms with E-state index in [4.69, 9.17) is 4.74 Å². The van der Waals surface area contributed by atoms with Crippen LogP contribution in [0.5, 0.6) is 0 Å². The van der Waals surface area contributed by atoms with Gasteiger partial charge in [-0.1, -0.05) is 0 Å². The summed E-state index contributed by atoms with van der Waals surface area (Å²) in [5, 5.41) is 3.52. The van der Waals surface area contributed by atoms with Crippen LogP contribution in [0.15, 0.2) is 0 Å². The molecule has 0 unspecified atom stereocenters. The lowest BCUT2D eigenvalue weighted by atomic mass is 9.49. The first-order valence-corrected chi connectivity index (χ1v) is 11.4. The second-order valence-electron chi connectivity index (χ2n) is 10.5. The van der Waals surface area contributed by atoms with E-state index in [0.717, 1.165) is 76.5 Å². The van der Waals surface area contributed by atoms with Gasteiger partial charge in [-0.05, 0) is 89.3 Å². The predicted octanol–water partition coefficient (Wildman–Crippen LogP) is 2.12. The topological polar surface area (TPSA) is 44.8 Å². The number of hydrogen-bond acceptors (Lipinski definition) is 4. The summed E-state index contributed by atoms with van der Waals surface area (Å²) in [7, 11) is 2.22. The Balaban J connectivity index is 1.28. The van der Waals surface area contributed by atoms with Crippen molar-refractivity contribution in [3.63, 3.8) is 0 Å². The van der Waals surface area contributed by atoms with E-state index in [1.54, 1.807) is 0 Å². The van der Waals surface area contributed by atoms with Crippen LogP contribution in [0, 0.1) is 23.2 Å². The van der Waals surface area contributed by atoms with E-state index in [0.29, 0.717) is 5.91 Å². The van der Waals surface area contributed by atoms with Crippen LogP contribution in [0.2, 0.25) is 0 Å². The standard InChI is InChI=1S/C22H37N3O2/c1-24-4-2-22(3-5-24,25-6-8-27-9-7-25)16-23-20(26)21-13-17-10-18(14-21)12-19(11-17)15-21/h17-19H,2-16H2,1H3,(H,23,26). The number of morpholine rings is 1. The van der Waals surface area contributed by atoms with Crippen molar-refractivity contribution in [2.24, 2.45) is 23.2 Å². The van der Waals surface area contributed by atoms with E-state index >= 15 is 0 Å². The maximum Gasteiger partial charge on any atom is 0.226 e. The van der Waals surface area contributed by atoms with Gasteiger partial charge in [0.15, 0.2) is 0 Å². The molecule has 4 bridgehead atoms. The van der Waals surface area contributed by atoms with Crippen molar-refractivity contribution in [2.75, 3.05) is 53.0 Å². The molecule has 2 aliphatic heterocycles. The first kappa shape index (κ1) is 18.4. The van der Waals surface area contributed by atoms with Gasteiger partial charge in [0.05, 0.1) is 13.2 Å². The SMILES string of the molecule is CN1CCC(CNC(=O)C23CC4CC(CC(C4)C2)C3)(N2CCOCC2)CC1. The molecule has 0 aromatic carbocycles. The normalized spacial score (nSPS) is 41.6. The zero-order valence-electron chi connectivity index (χ0n) is 17.0. The molecule has 152 valence electrons.